The van der Waals surface area contributed by atoms with E-state index in [2.05, 4.69) is 5.32 Å². The maximum atomic E-state index is 12.1. The average Bonchev–Trinajstić information content (AvgIpc) is 2.51. The van der Waals surface area contributed by atoms with Crippen molar-refractivity contribution in [1.29, 1.82) is 0 Å². The summed E-state index contributed by atoms with van der Waals surface area (Å²) in [6.07, 6.45) is 0. The van der Waals surface area contributed by atoms with Crippen LogP contribution in [0.3, 0.4) is 0 Å². The van der Waals surface area contributed by atoms with Crippen molar-refractivity contribution in [2.75, 3.05) is 19.4 Å². The van der Waals surface area contributed by atoms with Crippen LogP contribution in [-0.4, -0.2) is 38.3 Å². The van der Waals surface area contributed by atoms with Gasteiger partial charge in [-0.2, -0.15) is 8.42 Å². The van der Waals surface area contributed by atoms with Crippen LogP contribution in [0.1, 0.15) is 18.4 Å². The number of amides is 1. The van der Waals surface area contributed by atoms with Crippen LogP contribution in [0.25, 0.3) is 10.8 Å². The number of rotatable bonds is 6. The molecule has 0 spiro atoms. The van der Waals surface area contributed by atoms with E-state index in [1.807, 2.05) is 36.4 Å². The summed E-state index contributed by atoms with van der Waals surface area (Å²) < 4.78 is 35.1. The molecule has 0 saturated carbocycles. The second-order valence-corrected chi connectivity index (χ2v) is 6.84. The van der Waals surface area contributed by atoms with E-state index in [-0.39, 0.29) is 12.5 Å². The third-order valence-corrected chi connectivity index (χ3v) is 4.34. The summed E-state index contributed by atoms with van der Waals surface area (Å²) in [5.74, 6) is -0.450. The van der Waals surface area contributed by atoms with Gasteiger partial charge in [0.25, 0.3) is 10.1 Å². The molecule has 0 radical (unpaired) electrons. The third kappa shape index (κ3) is 4.67. The second-order valence-electron chi connectivity index (χ2n) is 5.27. The van der Waals surface area contributed by atoms with E-state index in [0.29, 0.717) is 0 Å². The summed E-state index contributed by atoms with van der Waals surface area (Å²) >= 11 is 0. The molecule has 0 aliphatic rings. The minimum atomic E-state index is -4.07. The quantitative estimate of drug-likeness (QED) is 0.786. The predicted molar refractivity (Wildman–Crippen MR) is 88.3 cm³/mol. The Morgan fingerprint density at radius 2 is 1.87 bits per heavy atom. The Bertz CT molecular complexity index is 816. The van der Waals surface area contributed by atoms with Crippen molar-refractivity contribution in [1.82, 2.24) is 5.32 Å². The van der Waals surface area contributed by atoms with Gasteiger partial charge in [0.05, 0.1) is 18.8 Å². The minimum absolute atomic E-state index is 0.118. The molecular formula is C16H19NO5S. The molecule has 0 bridgehead atoms. The monoisotopic (exact) mass is 337 g/mol. The Morgan fingerprint density at radius 3 is 2.52 bits per heavy atom. The van der Waals surface area contributed by atoms with Crippen molar-refractivity contribution in [2.45, 2.75) is 12.8 Å². The van der Waals surface area contributed by atoms with Gasteiger partial charge >= 0.3 is 0 Å². The number of benzene rings is 2. The SMILES string of the molecule is COc1ccc2cc([C@H](C)C(=O)NCCS(=O)(=O)O)ccc2c1. The van der Waals surface area contributed by atoms with Crippen LogP contribution in [-0.2, 0) is 14.9 Å². The molecule has 23 heavy (non-hydrogen) atoms. The number of fused-ring (bicyclic) bond motifs is 1. The average molecular weight is 337 g/mol. The normalized spacial score (nSPS) is 12.8. The lowest BCUT2D eigenvalue weighted by Crippen LogP contribution is -2.32. The molecule has 0 aliphatic heterocycles. The lowest BCUT2D eigenvalue weighted by molar-refractivity contribution is -0.122. The van der Waals surface area contributed by atoms with Crippen molar-refractivity contribution in [3.63, 3.8) is 0 Å². The number of hydrogen-bond acceptors (Lipinski definition) is 4. The van der Waals surface area contributed by atoms with Crippen LogP contribution in [0.2, 0.25) is 0 Å². The maximum absolute atomic E-state index is 12.1. The van der Waals surface area contributed by atoms with Gasteiger partial charge in [0.15, 0.2) is 0 Å². The van der Waals surface area contributed by atoms with E-state index in [0.717, 1.165) is 22.1 Å². The number of carbonyl (C=O) groups excluding carboxylic acids is 1. The zero-order valence-corrected chi connectivity index (χ0v) is 13.8. The van der Waals surface area contributed by atoms with Crippen LogP contribution < -0.4 is 10.1 Å². The summed E-state index contributed by atoms with van der Waals surface area (Å²) in [5, 5.41) is 4.50. The first-order valence-corrected chi connectivity index (χ1v) is 8.71. The van der Waals surface area contributed by atoms with E-state index in [1.54, 1.807) is 14.0 Å². The maximum Gasteiger partial charge on any atom is 0.266 e. The Morgan fingerprint density at radius 1 is 1.22 bits per heavy atom. The van der Waals surface area contributed by atoms with Crippen LogP contribution >= 0.6 is 0 Å². The van der Waals surface area contributed by atoms with E-state index < -0.39 is 21.8 Å². The van der Waals surface area contributed by atoms with Crippen LogP contribution in [0.15, 0.2) is 36.4 Å². The van der Waals surface area contributed by atoms with Gasteiger partial charge in [-0.05, 0) is 35.4 Å². The minimum Gasteiger partial charge on any atom is -0.497 e. The summed E-state index contributed by atoms with van der Waals surface area (Å²) in [7, 11) is -2.47. The molecule has 0 aliphatic carbocycles. The van der Waals surface area contributed by atoms with E-state index >= 15 is 0 Å². The smallest absolute Gasteiger partial charge is 0.266 e. The van der Waals surface area contributed by atoms with Gasteiger partial charge in [-0.15, -0.1) is 0 Å². The number of ether oxygens (including phenoxy) is 1. The fourth-order valence-corrected chi connectivity index (χ4v) is 2.61. The van der Waals surface area contributed by atoms with Crippen LogP contribution in [0.5, 0.6) is 5.75 Å². The van der Waals surface area contributed by atoms with Gasteiger partial charge in [-0.3, -0.25) is 9.35 Å². The highest BCUT2D eigenvalue weighted by molar-refractivity contribution is 7.85. The Labute approximate surface area is 135 Å². The molecule has 7 heteroatoms. The number of nitrogens with one attached hydrogen (secondary N) is 1. The Balaban J connectivity index is 2.11. The van der Waals surface area contributed by atoms with Crippen molar-refractivity contribution >= 4 is 26.8 Å². The molecule has 0 aromatic heterocycles. The van der Waals surface area contributed by atoms with Crippen molar-refractivity contribution in [3.8, 4) is 5.75 Å². The molecule has 0 unspecified atom stereocenters. The summed E-state index contributed by atoms with van der Waals surface area (Å²) in [4.78, 5) is 12.1. The van der Waals surface area contributed by atoms with Crippen molar-refractivity contribution < 1.29 is 22.5 Å². The highest BCUT2D eigenvalue weighted by atomic mass is 32.2. The molecule has 0 heterocycles. The van der Waals surface area contributed by atoms with Crippen molar-refractivity contribution in [3.05, 3.63) is 42.0 Å². The largest absolute Gasteiger partial charge is 0.497 e. The van der Waals surface area contributed by atoms with Gasteiger partial charge in [0.2, 0.25) is 5.91 Å². The molecule has 0 saturated heterocycles. The first-order valence-electron chi connectivity index (χ1n) is 7.11. The fraction of sp³-hybridized carbons (Fsp3) is 0.312. The first-order chi connectivity index (χ1) is 10.8. The molecule has 1 atom stereocenters. The molecule has 2 aromatic carbocycles. The van der Waals surface area contributed by atoms with Gasteiger partial charge < -0.3 is 10.1 Å². The lowest BCUT2D eigenvalue weighted by Gasteiger charge is -2.13. The summed E-state index contributed by atoms with van der Waals surface area (Å²) in [5.41, 5.74) is 0.826. The third-order valence-electron chi connectivity index (χ3n) is 3.62. The molecule has 0 fully saturated rings. The predicted octanol–water partition coefficient (Wildman–Crippen LogP) is 1.96. The second kappa shape index (κ2) is 6.97. The van der Waals surface area contributed by atoms with Gasteiger partial charge in [-0.25, -0.2) is 0 Å². The van der Waals surface area contributed by atoms with Crippen LogP contribution in [0, 0.1) is 0 Å². The zero-order chi connectivity index (χ0) is 17.0. The molecule has 2 aromatic rings. The van der Waals surface area contributed by atoms with Crippen molar-refractivity contribution in [2.24, 2.45) is 0 Å². The standard InChI is InChI=1S/C16H19NO5S/c1-11(16(18)17-7-8-23(19,20)21)12-3-4-14-10-15(22-2)6-5-13(14)9-12/h3-6,9-11H,7-8H2,1-2H3,(H,17,18)(H,19,20,21)/t11-/m0/s1. The molecule has 1 amide bonds. The number of methoxy groups -OCH3 is 1. The number of hydrogen-bond donors (Lipinski definition) is 2. The zero-order valence-electron chi connectivity index (χ0n) is 12.9. The first kappa shape index (κ1) is 17.2. The molecule has 6 nitrogen and oxygen atoms in total. The highest BCUT2D eigenvalue weighted by Crippen LogP contribution is 2.25. The topological polar surface area (TPSA) is 92.7 Å². The fourth-order valence-electron chi connectivity index (χ4n) is 2.25. The van der Waals surface area contributed by atoms with Crippen LogP contribution in [0.4, 0.5) is 0 Å². The molecular weight excluding hydrogens is 318 g/mol. The van der Waals surface area contributed by atoms with E-state index in [9.17, 15) is 13.2 Å². The summed E-state index contributed by atoms with van der Waals surface area (Å²) in [6, 6.07) is 11.4. The molecule has 124 valence electrons. The molecule has 2 N–H and O–H groups in total. The highest BCUT2D eigenvalue weighted by Gasteiger charge is 2.16. The van der Waals surface area contributed by atoms with Gasteiger partial charge in [0.1, 0.15) is 5.75 Å². The number of carbonyl (C=O) groups is 1. The lowest BCUT2D eigenvalue weighted by atomic mass is 9.97. The van der Waals surface area contributed by atoms with Gasteiger partial charge in [-0.1, -0.05) is 24.3 Å². The molecule has 2 rings (SSSR count). The van der Waals surface area contributed by atoms with E-state index in [1.165, 1.54) is 0 Å². The Hall–Kier alpha value is -2.12. The Kier molecular flexibility index (Phi) is 5.23. The van der Waals surface area contributed by atoms with E-state index in [4.69, 9.17) is 9.29 Å². The summed E-state index contributed by atoms with van der Waals surface area (Å²) in [6.45, 7) is 1.63. The van der Waals surface area contributed by atoms with Gasteiger partial charge in [0, 0.05) is 6.54 Å².